The standard InChI is InChI=1S/C20H25F2NO5S/c1-3-27-18(26)14-13-6-7-20(10-12-4-5-12,8-9-28-19(21)22)16(25)15(13)29-17(14)23-11(2)24/h12,19H,3-10H2,1-2H3,(H,23,24). The van der Waals surface area contributed by atoms with E-state index in [1.54, 1.807) is 6.92 Å². The minimum atomic E-state index is -2.87. The Morgan fingerprint density at radius 2 is 2.07 bits per heavy atom. The number of ether oxygens (including phenoxy) is 2. The summed E-state index contributed by atoms with van der Waals surface area (Å²) in [7, 11) is 0. The molecule has 0 bridgehead atoms. The summed E-state index contributed by atoms with van der Waals surface area (Å²) in [4.78, 5) is 38.0. The van der Waals surface area contributed by atoms with E-state index >= 15 is 0 Å². The Labute approximate surface area is 171 Å². The molecule has 1 unspecified atom stereocenters. The zero-order valence-electron chi connectivity index (χ0n) is 16.5. The van der Waals surface area contributed by atoms with Crippen LogP contribution >= 0.6 is 11.3 Å². The van der Waals surface area contributed by atoms with Gasteiger partial charge in [-0.1, -0.05) is 12.8 Å². The molecule has 0 radical (unpaired) electrons. The molecule has 0 saturated heterocycles. The molecule has 0 spiro atoms. The largest absolute Gasteiger partial charge is 0.462 e. The van der Waals surface area contributed by atoms with Crippen LogP contribution in [0.25, 0.3) is 0 Å². The van der Waals surface area contributed by atoms with E-state index < -0.39 is 18.0 Å². The molecule has 160 valence electrons. The number of ketones is 1. The molecule has 3 rings (SSSR count). The number of fused-ring (bicyclic) bond motifs is 1. The van der Waals surface area contributed by atoms with Gasteiger partial charge in [0.05, 0.1) is 23.7 Å². The van der Waals surface area contributed by atoms with Crippen molar-refractivity contribution in [2.24, 2.45) is 11.3 Å². The van der Waals surface area contributed by atoms with Gasteiger partial charge in [0.25, 0.3) is 0 Å². The van der Waals surface area contributed by atoms with E-state index in [-0.39, 0.29) is 36.9 Å². The monoisotopic (exact) mass is 429 g/mol. The first-order chi connectivity index (χ1) is 13.8. The highest BCUT2D eigenvalue weighted by Gasteiger charge is 2.48. The van der Waals surface area contributed by atoms with Crippen molar-refractivity contribution in [3.63, 3.8) is 0 Å². The van der Waals surface area contributed by atoms with E-state index in [1.165, 1.54) is 6.92 Å². The topological polar surface area (TPSA) is 81.7 Å². The number of carbonyl (C=O) groups excluding carboxylic acids is 3. The van der Waals surface area contributed by atoms with Crippen LogP contribution in [0.2, 0.25) is 0 Å². The van der Waals surface area contributed by atoms with Crippen LogP contribution in [0.5, 0.6) is 0 Å². The van der Waals surface area contributed by atoms with Crippen LogP contribution in [0.1, 0.15) is 71.5 Å². The highest BCUT2D eigenvalue weighted by Crippen LogP contribution is 2.51. The van der Waals surface area contributed by atoms with Gasteiger partial charge in [-0.05, 0) is 44.1 Å². The summed E-state index contributed by atoms with van der Waals surface area (Å²) in [5, 5.41) is 2.94. The van der Waals surface area contributed by atoms with E-state index in [0.29, 0.717) is 40.6 Å². The molecule has 2 aliphatic carbocycles. The van der Waals surface area contributed by atoms with Crippen LogP contribution in [0.3, 0.4) is 0 Å². The summed E-state index contributed by atoms with van der Waals surface area (Å²) < 4.78 is 34.5. The fourth-order valence-corrected chi connectivity index (χ4v) is 5.37. The number of rotatable bonds is 9. The van der Waals surface area contributed by atoms with Crippen LogP contribution in [0.4, 0.5) is 13.8 Å². The molecule has 0 aliphatic heterocycles. The van der Waals surface area contributed by atoms with Gasteiger partial charge in [-0.3, -0.25) is 9.59 Å². The molecular formula is C20H25F2NO5S. The number of Topliss-reactive ketones (excluding diaryl/α,β-unsaturated/α-hetero) is 1. The second kappa shape index (κ2) is 8.87. The van der Waals surface area contributed by atoms with Crippen molar-refractivity contribution in [1.82, 2.24) is 0 Å². The van der Waals surface area contributed by atoms with Crippen molar-refractivity contribution in [3.8, 4) is 0 Å². The van der Waals surface area contributed by atoms with Crippen molar-refractivity contribution in [3.05, 3.63) is 16.0 Å². The quantitative estimate of drug-likeness (QED) is 0.588. The molecule has 1 fully saturated rings. The van der Waals surface area contributed by atoms with Crippen LogP contribution in [-0.4, -0.2) is 37.5 Å². The maximum atomic E-state index is 13.5. The van der Waals surface area contributed by atoms with Crippen molar-refractivity contribution in [2.45, 2.75) is 59.0 Å². The maximum Gasteiger partial charge on any atom is 0.345 e. The molecule has 0 aromatic carbocycles. The van der Waals surface area contributed by atoms with E-state index in [1.807, 2.05) is 0 Å². The Morgan fingerprint density at radius 3 is 2.66 bits per heavy atom. The Kier molecular flexibility index (Phi) is 6.68. The van der Waals surface area contributed by atoms with Gasteiger partial charge in [0, 0.05) is 12.3 Å². The number of carbonyl (C=O) groups is 3. The molecule has 1 aromatic heterocycles. The van der Waals surface area contributed by atoms with Crippen molar-refractivity contribution in [2.75, 3.05) is 18.5 Å². The van der Waals surface area contributed by atoms with Crippen molar-refractivity contribution in [1.29, 1.82) is 0 Å². The molecule has 1 amide bonds. The second-order valence-corrected chi connectivity index (χ2v) is 8.67. The Balaban J connectivity index is 1.95. The number of anilines is 1. The molecule has 9 heteroatoms. The third-order valence-corrected chi connectivity index (χ3v) is 6.66. The summed E-state index contributed by atoms with van der Waals surface area (Å²) in [6, 6.07) is 0. The van der Waals surface area contributed by atoms with Gasteiger partial charge >= 0.3 is 12.6 Å². The minimum absolute atomic E-state index is 0.143. The Hall–Kier alpha value is -1.87. The minimum Gasteiger partial charge on any atom is -0.462 e. The third-order valence-electron chi connectivity index (χ3n) is 5.52. The lowest BCUT2D eigenvalue weighted by Gasteiger charge is -2.36. The predicted octanol–water partition coefficient (Wildman–Crippen LogP) is 4.43. The van der Waals surface area contributed by atoms with Crippen molar-refractivity contribution >= 4 is 34.0 Å². The molecule has 1 aromatic rings. The fourth-order valence-electron chi connectivity index (χ4n) is 4.03. The van der Waals surface area contributed by atoms with Gasteiger partial charge in [0.1, 0.15) is 5.00 Å². The normalized spacial score (nSPS) is 21.2. The lowest BCUT2D eigenvalue weighted by molar-refractivity contribution is -0.133. The van der Waals surface area contributed by atoms with Crippen molar-refractivity contribution < 1.29 is 32.6 Å². The number of alkyl halides is 2. The van der Waals surface area contributed by atoms with Gasteiger partial charge in [0.15, 0.2) is 5.78 Å². The van der Waals surface area contributed by atoms with Crippen LogP contribution < -0.4 is 5.32 Å². The van der Waals surface area contributed by atoms with E-state index in [4.69, 9.17) is 4.74 Å². The maximum absolute atomic E-state index is 13.5. The number of thiophene rings is 1. The summed E-state index contributed by atoms with van der Waals surface area (Å²) in [5.74, 6) is -0.643. The second-order valence-electron chi connectivity index (χ2n) is 7.65. The first-order valence-corrected chi connectivity index (χ1v) is 10.6. The molecule has 2 aliphatic rings. The Bertz CT molecular complexity index is 805. The number of hydrogen-bond acceptors (Lipinski definition) is 6. The van der Waals surface area contributed by atoms with Gasteiger partial charge in [-0.25, -0.2) is 4.79 Å². The number of halogens is 2. The molecule has 1 saturated carbocycles. The first kappa shape index (κ1) is 21.8. The van der Waals surface area contributed by atoms with E-state index in [9.17, 15) is 23.2 Å². The lowest BCUT2D eigenvalue weighted by atomic mass is 9.67. The average molecular weight is 429 g/mol. The third kappa shape index (κ3) is 4.83. The summed E-state index contributed by atoms with van der Waals surface area (Å²) in [6.07, 6.45) is 3.84. The summed E-state index contributed by atoms with van der Waals surface area (Å²) in [6.45, 7) is 0.122. The average Bonchev–Trinajstić information content (AvgIpc) is 3.36. The smallest absolute Gasteiger partial charge is 0.345 e. The van der Waals surface area contributed by atoms with Crippen LogP contribution in [0, 0.1) is 11.3 Å². The van der Waals surface area contributed by atoms with Gasteiger partial charge in [-0.2, -0.15) is 8.78 Å². The molecule has 1 heterocycles. The van der Waals surface area contributed by atoms with E-state index in [2.05, 4.69) is 10.1 Å². The molecule has 1 atom stereocenters. The van der Waals surface area contributed by atoms with Crippen LogP contribution in [-0.2, 0) is 20.7 Å². The first-order valence-electron chi connectivity index (χ1n) is 9.82. The highest BCUT2D eigenvalue weighted by molar-refractivity contribution is 7.19. The lowest BCUT2D eigenvalue weighted by Crippen LogP contribution is -2.37. The summed E-state index contributed by atoms with van der Waals surface area (Å²) in [5.41, 5.74) is 0.0514. The fraction of sp³-hybridized carbons (Fsp3) is 0.650. The van der Waals surface area contributed by atoms with Gasteiger partial charge < -0.3 is 14.8 Å². The SMILES string of the molecule is CCOC(=O)c1c(NC(C)=O)sc2c1CCC(CCOC(F)F)(CC1CC1)C2=O. The zero-order chi connectivity index (χ0) is 21.2. The molecular weight excluding hydrogens is 404 g/mol. The zero-order valence-corrected chi connectivity index (χ0v) is 17.3. The molecule has 29 heavy (non-hydrogen) atoms. The van der Waals surface area contributed by atoms with Gasteiger partial charge in [0.2, 0.25) is 5.91 Å². The highest BCUT2D eigenvalue weighted by atomic mass is 32.1. The number of amides is 1. The number of nitrogens with one attached hydrogen (secondary N) is 1. The number of esters is 1. The Morgan fingerprint density at radius 1 is 1.34 bits per heavy atom. The van der Waals surface area contributed by atoms with Crippen LogP contribution in [0.15, 0.2) is 0 Å². The molecule has 1 N–H and O–H groups in total. The van der Waals surface area contributed by atoms with Gasteiger partial charge in [-0.15, -0.1) is 11.3 Å². The van der Waals surface area contributed by atoms with E-state index in [0.717, 1.165) is 24.2 Å². The number of hydrogen-bond donors (Lipinski definition) is 1. The molecule has 6 nitrogen and oxygen atoms in total. The summed E-state index contributed by atoms with van der Waals surface area (Å²) >= 11 is 1.07. The predicted molar refractivity (Wildman–Crippen MR) is 104 cm³/mol.